The topological polar surface area (TPSA) is 98.2 Å². The number of nitrogens with two attached hydrogens (primary N) is 2. The number of hydrogen-bond donors (Lipinski definition) is 3. The summed E-state index contributed by atoms with van der Waals surface area (Å²) in [4.78, 5) is 22.7. The predicted octanol–water partition coefficient (Wildman–Crippen LogP) is 1.16. The first kappa shape index (κ1) is 17.0. The van der Waals surface area contributed by atoms with Gasteiger partial charge in [-0.15, -0.1) is 11.8 Å². The third-order valence-corrected chi connectivity index (χ3v) is 5.32. The van der Waals surface area contributed by atoms with Crippen LogP contribution < -0.4 is 16.8 Å². The van der Waals surface area contributed by atoms with Gasteiger partial charge in [-0.1, -0.05) is 30.3 Å². The molecule has 2 rings (SSSR count). The van der Waals surface area contributed by atoms with Crippen molar-refractivity contribution >= 4 is 23.5 Å². The molecule has 5 nitrogen and oxygen atoms in total. The second-order valence-corrected chi connectivity index (χ2v) is 8.08. The molecule has 1 aromatic carbocycles. The minimum absolute atomic E-state index is 0.0924. The molecule has 1 aromatic rings. The largest absolute Gasteiger partial charge is 0.368 e. The van der Waals surface area contributed by atoms with Gasteiger partial charge >= 0.3 is 0 Å². The van der Waals surface area contributed by atoms with Crippen molar-refractivity contribution in [3.8, 4) is 0 Å². The fraction of sp³-hybridized carbons (Fsp3) is 0.500. The Morgan fingerprint density at radius 3 is 2.45 bits per heavy atom. The van der Waals surface area contributed by atoms with Crippen LogP contribution >= 0.6 is 11.8 Å². The maximum absolute atomic E-state index is 12.5. The van der Waals surface area contributed by atoms with Crippen LogP contribution in [0.25, 0.3) is 0 Å². The molecular formula is C16H23N3O2S. The molecule has 22 heavy (non-hydrogen) atoms. The van der Waals surface area contributed by atoms with E-state index in [0.717, 1.165) is 12.8 Å². The van der Waals surface area contributed by atoms with Gasteiger partial charge in [0.1, 0.15) is 6.04 Å². The summed E-state index contributed by atoms with van der Waals surface area (Å²) >= 11 is 1.28. The van der Waals surface area contributed by atoms with Crippen molar-refractivity contribution < 1.29 is 9.59 Å². The van der Waals surface area contributed by atoms with E-state index >= 15 is 0 Å². The van der Waals surface area contributed by atoms with Crippen molar-refractivity contribution in [2.45, 2.75) is 48.9 Å². The van der Waals surface area contributed by atoms with Crippen LogP contribution in [0.1, 0.15) is 32.3 Å². The fourth-order valence-corrected chi connectivity index (χ4v) is 4.24. The maximum atomic E-state index is 12.5. The molecule has 5 N–H and O–H groups in total. The van der Waals surface area contributed by atoms with E-state index in [1.165, 1.54) is 17.3 Å². The Balaban J connectivity index is 1.93. The van der Waals surface area contributed by atoms with Gasteiger partial charge < -0.3 is 5.73 Å². The van der Waals surface area contributed by atoms with Crippen LogP contribution in [0.4, 0.5) is 0 Å². The molecule has 1 heterocycles. The number of Topliss-reactive ketones (excluding diaryl/α,β-unsaturated/α-hetero) is 1. The zero-order valence-corrected chi connectivity index (χ0v) is 13.8. The predicted molar refractivity (Wildman–Crippen MR) is 89.1 cm³/mol. The van der Waals surface area contributed by atoms with Crippen LogP contribution in [0.15, 0.2) is 30.3 Å². The van der Waals surface area contributed by atoms with Gasteiger partial charge in [-0.05, 0) is 32.3 Å². The molecule has 1 saturated heterocycles. The highest BCUT2D eigenvalue weighted by Crippen LogP contribution is 2.42. The number of carbonyl (C=O) groups excluding carboxylic acids is 2. The van der Waals surface area contributed by atoms with Crippen molar-refractivity contribution in [2.75, 3.05) is 0 Å². The number of benzene rings is 1. The van der Waals surface area contributed by atoms with Crippen molar-refractivity contribution in [3.05, 3.63) is 35.9 Å². The summed E-state index contributed by atoms with van der Waals surface area (Å²) in [6.07, 6.45) is 1.93. The lowest BCUT2D eigenvalue weighted by atomic mass is 10.0. The number of aryl methyl sites for hydroxylation is 1. The first-order valence-corrected chi connectivity index (χ1v) is 8.19. The maximum Gasteiger partial charge on any atom is 0.236 e. The van der Waals surface area contributed by atoms with E-state index in [-0.39, 0.29) is 5.78 Å². The average molecular weight is 321 g/mol. The van der Waals surface area contributed by atoms with Crippen LogP contribution in [0, 0.1) is 0 Å². The summed E-state index contributed by atoms with van der Waals surface area (Å²) < 4.78 is -0.504. The van der Waals surface area contributed by atoms with Crippen LogP contribution in [-0.2, 0) is 16.0 Å². The summed E-state index contributed by atoms with van der Waals surface area (Å²) in [6, 6.07) is 9.40. The van der Waals surface area contributed by atoms with Crippen LogP contribution in [-0.4, -0.2) is 27.5 Å². The Morgan fingerprint density at radius 2 is 1.91 bits per heavy atom. The van der Waals surface area contributed by atoms with E-state index in [1.54, 1.807) is 0 Å². The van der Waals surface area contributed by atoms with Crippen LogP contribution in [0.2, 0.25) is 0 Å². The second kappa shape index (κ2) is 6.40. The molecule has 0 aliphatic carbocycles. The van der Waals surface area contributed by atoms with Gasteiger partial charge in [-0.2, -0.15) is 0 Å². The highest BCUT2D eigenvalue weighted by Gasteiger charge is 2.53. The second-order valence-electron chi connectivity index (χ2n) is 6.18. The SMILES string of the molecule is CC1(C)SC(N)(C(=O)CCCc2ccccc2)NC1C(N)=O. The van der Waals surface area contributed by atoms with Gasteiger partial charge in [0.05, 0.1) is 0 Å². The summed E-state index contributed by atoms with van der Waals surface area (Å²) in [5, 5.41) is 2.92. The van der Waals surface area contributed by atoms with Gasteiger partial charge in [-0.25, -0.2) is 0 Å². The lowest BCUT2D eigenvalue weighted by Crippen LogP contribution is -2.58. The number of hydrogen-bond acceptors (Lipinski definition) is 5. The zero-order valence-electron chi connectivity index (χ0n) is 13.0. The minimum Gasteiger partial charge on any atom is -0.368 e. The highest BCUT2D eigenvalue weighted by molar-refractivity contribution is 8.03. The summed E-state index contributed by atoms with van der Waals surface area (Å²) in [6.45, 7) is 3.73. The van der Waals surface area contributed by atoms with E-state index in [2.05, 4.69) is 5.32 Å². The molecule has 0 bridgehead atoms. The van der Waals surface area contributed by atoms with Crippen molar-refractivity contribution in [3.63, 3.8) is 0 Å². The first-order chi connectivity index (χ1) is 10.2. The molecule has 0 aromatic heterocycles. The van der Waals surface area contributed by atoms with E-state index in [4.69, 9.17) is 11.5 Å². The molecule has 1 amide bonds. The summed E-state index contributed by atoms with van der Waals surface area (Å²) in [5.74, 6) is -0.577. The third kappa shape index (κ3) is 3.69. The Kier molecular flexibility index (Phi) is 4.94. The summed E-state index contributed by atoms with van der Waals surface area (Å²) in [5.41, 5.74) is 12.8. The third-order valence-electron chi connectivity index (χ3n) is 3.89. The quantitative estimate of drug-likeness (QED) is 0.730. The van der Waals surface area contributed by atoms with Gasteiger partial charge in [0.25, 0.3) is 0 Å². The molecule has 0 saturated carbocycles. The molecule has 6 heteroatoms. The number of thioether (sulfide) groups is 1. The number of nitrogens with one attached hydrogen (secondary N) is 1. The molecule has 1 aliphatic rings. The van der Waals surface area contributed by atoms with Crippen molar-refractivity contribution in [1.29, 1.82) is 0 Å². The molecule has 2 atom stereocenters. The first-order valence-electron chi connectivity index (χ1n) is 7.38. The average Bonchev–Trinajstić information content (AvgIpc) is 2.71. The standard InChI is InChI=1S/C16H23N3O2S/c1-15(2)13(14(17)21)19-16(18,22-15)12(20)10-6-9-11-7-4-3-5-8-11/h3-5,7-8,13,19H,6,9-10,18H2,1-2H3,(H2,17,21). The van der Waals surface area contributed by atoms with Gasteiger partial charge in [0.15, 0.2) is 10.8 Å². The molecule has 1 fully saturated rings. The Bertz CT molecular complexity index is 562. The molecule has 1 aliphatic heterocycles. The van der Waals surface area contributed by atoms with Crippen LogP contribution in [0.5, 0.6) is 0 Å². The van der Waals surface area contributed by atoms with Gasteiger partial charge in [-0.3, -0.25) is 20.6 Å². The number of ketones is 1. The van der Waals surface area contributed by atoms with E-state index < -0.39 is 21.7 Å². The Labute approximate surface area is 135 Å². The Morgan fingerprint density at radius 1 is 1.27 bits per heavy atom. The monoisotopic (exact) mass is 321 g/mol. The normalized spacial score (nSPS) is 26.8. The highest BCUT2D eigenvalue weighted by atomic mass is 32.2. The molecule has 0 spiro atoms. The molecule has 2 unspecified atom stereocenters. The van der Waals surface area contributed by atoms with E-state index in [0.29, 0.717) is 6.42 Å². The smallest absolute Gasteiger partial charge is 0.236 e. The van der Waals surface area contributed by atoms with E-state index in [1.807, 2.05) is 44.2 Å². The zero-order chi connectivity index (χ0) is 16.4. The molecule has 120 valence electrons. The van der Waals surface area contributed by atoms with Crippen molar-refractivity contribution in [1.82, 2.24) is 5.32 Å². The number of rotatable bonds is 6. The lowest BCUT2D eigenvalue weighted by Gasteiger charge is -2.23. The van der Waals surface area contributed by atoms with Crippen LogP contribution in [0.3, 0.4) is 0 Å². The van der Waals surface area contributed by atoms with E-state index in [9.17, 15) is 9.59 Å². The van der Waals surface area contributed by atoms with Gasteiger partial charge in [0, 0.05) is 11.2 Å². The summed E-state index contributed by atoms with van der Waals surface area (Å²) in [7, 11) is 0. The fourth-order valence-electron chi connectivity index (χ4n) is 2.73. The molecular weight excluding hydrogens is 298 g/mol. The number of amides is 1. The van der Waals surface area contributed by atoms with Crippen molar-refractivity contribution in [2.24, 2.45) is 11.5 Å². The Hall–Kier alpha value is -1.37. The molecule has 0 radical (unpaired) electrons. The number of carbonyl (C=O) groups is 2. The van der Waals surface area contributed by atoms with Gasteiger partial charge in [0.2, 0.25) is 5.91 Å². The number of primary amides is 1. The minimum atomic E-state index is -1.24. The lowest BCUT2D eigenvalue weighted by molar-refractivity contribution is -0.123.